The van der Waals surface area contributed by atoms with Gasteiger partial charge in [-0.1, -0.05) is 22.9 Å². The van der Waals surface area contributed by atoms with E-state index in [1.807, 2.05) is 32.2 Å². The number of aromatic nitrogens is 3. The van der Waals surface area contributed by atoms with Gasteiger partial charge in [-0.3, -0.25) is 19.3 Å². The number of anilines is 1. The zero-order chi connectivity index (χ0) is 21.1. The number of morpholine rings is 1. The Labute approximate surface area is 197 Å². The van der Waals surface area contributed by atoms with E-state index in [0.29, 0.717) is 22.4 Å². The van der Waals surface area contributed by atoms with Crippen LogP contribution in [-0.4, -0.2) is 65.0 Å². The lowest BCUT2D eigenvalue weighted by atomic mass is 10.2. The molecule has 0 bridgehead atoms. The molecule has 4 rings (SSSR count). The van der Waals surface area contributed by atoms with Gasteiger partial charge < -0.3 is 4.74 Å². The lowest BCUT2D eigenvalue weighted by Crippen LogP contribution is -2.39. The first-order chi connectivity index (χ1) is 14.6. The van der Waals surface area contributed by atoms with Crippen LogP contribution in [0.5, 0.6) is 0 Å². The lowest BCUT2D eigenvalue weighted by molar-refractivity contribution is 0.0376. The van der Waals surface area contributed by atoms with Gasteiger partial charge in [0.15, 0.2) is 10.8 Å². The zero-order valence-electron chi connectivity index (χ0n) is 17.7. The summed E-state index contributed by atoms with van der Waals surface area (Å²) in [5.74, 6) is -0.119. The topological polar surface area (TPSA) is 63.5 Å². The highest BCUT2D eigenvalue weighted by atomic mass is 35.5. The number of hydrogen-bond donors (Lipinski definition) is 0. The fraction of sp³-hybridized carbons (Fsp3) is 0.476. The van der Waals surface area contributed by atoms with Crippen molar-refractivity contribution < 1.29 is 9.53 Å². The number of carbonyl (C=O) groups is 1. The molecule has 1 amide bonds. The summed E-state index contributed by atoms with van der Waals surface area (Å²) in [6.07, 6.45) is 2.69. The summed E-state index contributed by atoms with van der Waals surface area (Å²) >= 11 is 7.80. The Morgan fingerprint density at radius 3 is 2.77 bits per heavy atom. The van der Waals surface area contributed by atoms with Gasteiger partial charge in [-0.15, -0.1) is 12.4 Å². The number of amides is 1. The van der Waals surface area contributed by atoms with Crippen LogP contribution in [0.25, 0.3) is 10.2 Å². The van der Waals surface area contributed by atoms with Crippen molar-refractivity contribution in [2.45, 2.75) is 26.8 Å². The second kappa shape index (κ2) is 10.7. The summed E-state index contributed by atoms with van der Waals surface area (Å²) in [4.78, 5) is 22.3. The summed E-state index contributed by atoms with van der Waals surface area (Å²) in [7, 11) is 0. The smallest absolute Gasteiger partial charge is 0.280 e. The van der Waals surface area contributed by atoms with Crippen LogP contribution in [0.4, 0.5) is 5.13 Å². The van der Waals surface area contributed by atoms with Crippen molar-refractivity contribution in [1.29, 1.82) is 0 Å². The largest absolute Gasteiger partial charge is 0.379 e. The third-order valence-corrected chi connectivity index (χ3v) is 6.81. The van der Waals surface area contributed by atoms with Gasteiger partial charge in [-0.2, -0.15) is 5.10 Å². The molecule has 0 radical (unpaired) electrons. The van der Waals surface area contributed by atoms with Crippen molar-refractivity contribution in [2.24, 2.45) is 0 Å². The molecule has 31 heavy (non-hydrogen) atoms. The normalized spacial score (nSPS) is 14.5. The second-order valence-electron chi connectivity index (χ2n) is 7.34. The van der Waals surface area contributed by atoms with Gasteiger partial charge in [0.2, 0.25) is 0 Å². The minimum absolute atomic E-state index is 0. The highest BCUT2D eigenvalue weighted by molar-refractivity contribution is 7.22. The highest BCUT2D eigenvalue weighted by Crippen LogP contribution is 2.34. The first-order valence-electron chi connectivity index (χ1n) is 10.3. The van der Waals surface area contributed by atoms with Gasteiger partial charge in [0.25, 0.3) is 5.91 Å². The Kier molecular flexibility index (Phi) is 8.30. The molecule has 1 saturated heterocycles. The van der Waals surface area contributed by atoms with Crippen molar-refractivity contribution in [3.63, 3.8) is 0 Å². The number of fused-ring (bicyclic) bond motifs is 1. The van der Waals surface area contributed by atoms with Crippen LogP contribution >= 0.6 is 35.3 Å². The minimum Gasteiger partial charge on any atom is -0.379 e. The number of nitrogens with zero attached hydrogens (tertiary/aromatic N) is 5. The van der Waals surface area contributed by atoms with Crippen LogP contribution in [0.15, 0.2) is 24.4 Å². The van der Waals surface area contributed by atoms with Crippen LogP contribution in [0.2, 0.25) is 5.02 Å². The SMILES string of the molecule is CCn1ccc(C(=O)N(CCCN2CCOCC2)c2nc3c(C)c(Cl)ccc3s2)n1.Cl. The third kappa shape index (κ3) is 5.38. The van der Waals surface area contributed by atoms with E-state index < -0.39 is 0 Å². The molecule has 0 aliphatic carbocycles. The Morgan fingerprint density at radius 2 is 2.06 bits per heavy atom. The van der Waals surface area contributed by atoms with E-state index in [0.717, 1.165) is 61.6 Å². The zero-order valence-corrected chi connectivity index (χ0v) is 20.1. The predicted molar refractivity (Wildman–Crippen MR) is 128 cm³/mol. The molecule has 0 N–H and O–H groups in total. The molecule has 0 unspecified atom stereocenters. The van der Waals surface area contributed by atoms with Gasteiger partial charge in [-0.05, 0) is 44.0 Å². The molecule has 3 heterocycles. The summed E-state index contributed by atoms with van der Waals surface area (Å²) in [6.45, 7) is 9.62. The quantitative estimate of drug-likeness (QED) is 0.502. The molecule has 10 heteroatoms. The Morgan fingerprint density at radius 1 is 1.29 bits per heavy atom. The van der Waals surface area contributed by atoms with Crippen LogP contribution in [0.1, 0.15) is 29.4 Å². The Bertz CT molecular complexity index is 1030. The molecular formula is C21H27Cl2N5O2S. The molecule has 7 nitrogen and oxygen atoms in total. The summed E-state index contributed by atoms with van der Waals surface area (Å²) in [5, 5.41) is 5.79. The fourth-order valence-electron chi connectivity index (χ4n) is 3.56. The van der Waals surface area contributed by atoms with Crippen molar-refractivity contribution in [3.8, 4) is 0 Å². The van der Waals surface area contributed by atoms with Crippen molar-refractivity contribution in [2.75, 3.05) is 44.3 Å². The maximum absolute atomic E-state index is 13.3. The van der Waals surface area contributed by atoms with Gasteiger partial charge in [-0.25, -0.2) is 4.98 Å². The highest BCUT2D eigenvalue weighted by Gasteiger charge is 2.24. The van der Waals surface area contributed by atoms with E-state index in [4.69, 9.17) is 21.3 Å². The second-order valence-corrected chi connectivity index (χ2v) is 8.75. The first-order valence-corrected chi connectivity index (χ1v) is 11.5. The van der Waals surface area contributed by atoms with Gasteiger partial charge >= 0.3 is 0 Å². The molecule has 2 aromatic heterocycles. The molecule has 1 fully saturated rings. The Hall–Kier alpha value is -1.71. The van der Waals surface area contributed by atoms with Crippen LogP contribution in [0, 0.1) is 6.92 Å². The van der Waals surface area contributed by atoms with Gasteiger partial charge in [0.05, 0.1) is 23.4 Å². The summed E-state index contributed by atoms with van der Waals surface area (Å²) in [6, 6.07) is 5.62. The van der Waals surface area contributed by atoms with Crippen LogP contribution in [0.3, 0.4) is 0 Å². The molecule has 3 aromatic rings. The number of rotatable bonds is 7. The number of aryl methyl sites for hydroxylation is 2. The monoisotopic (exact) mass is 483 g/mol. The van der Waals surface area contributed by atoms with E-state index in [-0.39, 0.29) is 18.3 Å². The molecular weight excluding hydrogens is 457 g/mol. The first kappa shape index (κ1) is 23.9. The van der Waals surface area contributed by atoms with Gasteiger partial charge in [0.1, 0.15) is 0 Å². The molecule has 1 aromatic carbocycles. The average molecular weight is 484 g/mol. The van der Waals surface area contributed by atoms with E-state index in [9.17, 15) is 4.79 Å². The molecule has 1 aliphatic heterocycles. The molecule has 0 atom stereocenters. The maximum Gasteiger partial charge on any atom is 0.280 e. The number of thiazole rings is 1. The van der Waals surface area contributed by atoms with Crippen molar-refractivity contribution in [1.82, 2.24) is 19.7 Å². The number of carbonyl (C=O) groups excluding carboxylic acids is 1. The molecule has 1 aliphatic rings. The van der Waals surface area contributed by atoms with Crippen molar-refractivity contribution >= 4 is 56.6 Å². The summed E-state index contributed by atoms with van der Waals surface area (Å²) in [5.41, 5.74) is 2.23. The molecule has 0 spiro atoms. The lowest BCUT2D eigenvalue weighted by Gasteiger charge is -2.27. The number of hydrogen-bond acceptors (Lipinski definition) is 6. The van der Waals surface area contributed by atoms with Crippen LogP contribution in [-0.2, 0) is 11.3 Å². The molecule has 0 saturated carbocycles. The maximum atomic E-state index is 13.3. The standard InChI is InChI=1S/C21H26ClN5O2S.ClH/c1-3-26-10-7-17(24-26)20(28)27(9-4-8-25-11-13-29-14-12-25)21-23-19-15(2)16(22)5-6-18(19)30-21;/h5-7,10H,3-4,8-9,11-14H2,1-2H3;1H. The number of halogens is 2. The summed E-state index contributed by atoms with van der Waals surface area (Å²) < 4.78 is 8.21. The van der Waals surface area contributed by atoms with E-state index in [1.165, 1.54) is 11.3 Å². The number of ether oxygens (including phenoxy) is 1. The molecule has 168 valence electrons. The predicted octanol–water partition coefficient (Wildman–Crippen LogP) is 4.27. The minimum atomic E-state index is -0.119. The fourth-order valence-corrected chi connectivity index (χ4v) is 4.76. The van der Waals surface area contributed by atoms with Gasteiger partial charge in [0, 0.05) is 43.9 Å². The van der Waals surface area contributed by atoms with Crippen molar-refractivity contribution in [3.05, 3.63) is 40.7 Å². The number of benzene rings is 1. The third-order valence-electron chi connectivity index (χ3n) is 5.36. The van der Waals surface area contributed by atoms with E-state index in [2.05, 4.69) is 10.00 Å². The van der Waals surface area contributed by atoms with E-state index in [1.54, 1.807) is 15.6 Å². The average Bonchev–Trinajstić information content (AvgIpc) is 3.42. The van der Waals surface area contributed by atoms with Crippen LogP contribution < -0.4 is 4.90 Å². The van der Waals surface area contributed by atoms with E-state index >= 15 is 0 Å². The Balaban J connectivity index is 0.00000272.